The molecule has 0 saturated carbocycles. The molecule has 5 nitrogen and oxygen atoms in total. The summed E-state index contributed by atoms with van der Waals surface area (Å²) in [6.07, 6.45) is 4.24. The number of benzene rings is 3. The van der Waals surface area contributed by atoms with E-state index in [4.69, 9.17) is 9.05 Å². The molecule has 168 valence electrons. The molecule has 0 fully saturated rings. The number of hydrogen-bond acceptors (Lipinski definition) is 5. The minimum atomic E-state index is -1.24. The zero-order valence-electron chi connectivity index (χ0n) is 18.5. The van der Waals surface area contributed by atoms with Gasteiger partial charge in [-0.05, 0) is 5.56 Å². The van der Waals surface area contributed by atoms with E-state index in [1.54, 1.807) is 6.08 Å². The Balaban J connectivity index is 1.41. The van der Waals surface area contributed by atoms with Crippen molar-refractivity contribution >= 4 is 6.08 Å². The van der Waals surface area contributed by atoms with E-state index in [2.05, 4.69) is 10.3 Å². The van der Waals surface area contributed by atoms with Crippen molar-refractivity contribution in [3.63, 3.8) is 0 Å². The van der Waals surface area contributed by atoms with Gasteiger partial charge in [0, 0.05) is 36.1 Å². The van der Waals surface area contributed by atoms with E-state index in [-0.39, 0.29) is 12.8 Å². The lowest BCUT2D eigenvalue weighted by Crippen LogP contribution is -2.32. The maximum atomic E-state index is 11.7. The van der Waals surface area contributed by atoms with E-state index in [1.807, 2.05) is 109 Å². The number of aromatic nitrogens is 2. The Morgan fingerprint density at radius 3 is 1.56 bits per heavy atom. The standard InChI is InChI=1S/C29H24N2O3/c32-29(17-16-22-10-4-1-5-11-22,20-25-18-27(33-30-25)23-12-6-2-7-13-23)21-26-19-28(34-31-26)24-14-8-3-9-15-24/h1-19,32H,20-21H2/b17-16+. The minimum Gasteiger partial charge on any atom is -0.385 e. The van der Waals surface area contributed by atoms with Crippen molar-refractivity contribution in [3.8, 4) is 22.6 Å². The molecule has 0 radical (unpaired) electrons. The van der Waals surface area contributed by atoms with E-state index in [9.17, 15) is 5.11 Å². The molecule has 5 rings (SSSR count). The molecule has 2 heterocycles. The first-order chi connectivity index (χ1) is 16.7. The first kappa shape index (κ1) is 21.6. The van der Waals surface area contributed by atoms with Gasteiger partial charge in [-0.15, -0.1) is 0 Å². The summed E-state index contributed by atoms with van der Waals surface area (Å²) in [5.74, 6) is 1.33. The van der Waals surface area contributed by atoms with Gasteiger partial charge >= 0.3 is 0 Å². The highest BCUT2D eigenvalue weighted by Crippen LogP contribution is 2.27. The quantitative estimate of drug-likeness (QED) is 0.305. The zero-order valence-corrected chi connectivity index (χ0v) is 18.5. The van der Waals surface area contributed by atoms with Crippen molar-refractivity contribution in [2.45, 2.75) is 18.4 Å². The van der Waals surface area contributed by atoms with Crippen LogP contribution in [0.3, 0.4) is 0 Å². The summed E-state index contributed by atoms with van der Waals surface area (Å²) >= 11 is 0. The highest BCUT2D eigenvalue weighted by Gasteiger charge is 2.28. The Kier molecular flexibility index (Phi) is 6.19. The van der Waals surface area contributed by atoms with E-state index in [1.165, 1.54) is 0 Å². The molecular weight excluding hydrogens is 424 g/mol. The Bertz CT molecular complexity index is 1280. The third-order valence-corrected chi connectivity index (χ3v) is 5.59. The zero-order chi connectivity index (χ0) is 23.2. The number of hydrogen-bond donors (Lipinski definition) is 1. The molecule has 0 spiro atoms. The van der Waals surface area contributed by atoms with Gasteiger partial charge in [-0.2, -0.15) is 0 Å². The van der Waals surface area contributed by atoms with Crippen molar-refractivity contribution in [2.24, 2.45) is 0 Å². The molecule has 0 amide bonds. The predicted octanol–water partition coefficient (Wildman–Crippen LogP) is 6.23. The van der Waals surface area contributed by atoms with Gasteiger partial charge < -0.3 is 14.2 Å². The van der Waals surface area contributed by atoms with Crippen molar-refractivity contribution < 1.29 is 14.2 Å². The maximum absolute atomic E-state index is 11.7. The molecule has 0 aliphatic carbocycles. The second-order valence-electron chi connectivity index (χ2n) is 8.30. The average Bonchev–Trinajstić information content (AvgIpc) is 3.54. The number of rotatable bonds is 8. The van der Waals surface area contributed by atoms with Crippen LogP contribution in [0.1, 0.15) is 17.0 Å². The van der Waals surface area contributed by atoms with Crippen molar-refractivity contribution in [1.29, 1.82) is 0 Å². The van der Waals surface area contributed by atoms with E-state index >= 15 is 0 Å². The van der Waals surface area contributed by atoms with Gasteiger partial charge in [-0.25, -0.2) is 0 Å². The van der Waals surface area contributed by atoms with Gasteiger partial charge in [0.25, 0.3) is 0 Å². The lowest BCUT2D eigenvalue weighted by Gasteiger charge is -2.22. The van der Waals surface area contributed by atoms with Crippen LogP contribution >= 0.6 is 0 Å². The fraction of sp³-hybridized carbons (Fsp3) is 0.103. The molecule has 0 bridgehead atoms. The molecule has 0 saturated heterocycles. The molecule has 0 aliphatic rings. The summed E-state index contributed by atoms with van der Waals surface area (Å²) in [4.78, 5) is 0. The first-order valence-electron chi connectivity index (χ1n) is 11.2. The van der Waals surface area contributed by atoms with Crippen molar-refractivity contribution in [1.82, 2.24) is 10.3 Å². The molecule has 0 atom stereocenters. The van der Waals surface area contributed by atoms with E-state index < -0.39 is 5.60 Å². The van der Waals surface area contributed by atoms with Crippen molar-refractivity contribution in [3.05, 3.63) is 126 Å². The molecule has 0 aliphatic heterocycles. The smallest absolute Gasteiger partial charge is 0.167 e. The SMILES string of the molecule is OC(/C=C/c1ccccc1)(Cc1cc(-c2ccccc2)on1)Cc1cc(-c2ccccc2)on1. The van der Waals surface area contributed by atoms with Crippen LogP contribution in [0.2, 0.25) is 0 Å². The van der Waals surface area contributed by atoms with Crippen LogP contribution in [0.4, 0.5) is 0 Å². The normalized spacial score (nSPS) is 11.8. The molecule has 5 heteroatoms. The summed E-state index contributed by atoms with van der Waals surface area (Å²) in [5, 5.41) is 20.1. The van der Waals surface area contributed by atoms with Gasteiger partial charge in [-0.3, -0.25) is 0 Å². The Morgan fingerprint density at radius 2 is 1.09 bits per heavy atom. The minimum absolute atomic E-state index is 0.264. The second-order valence-corrected chi connectivity index (χ2v) is 8.30. The van der Waals surface area contributed by atoms with Gasteiger partial charge in [0.05, 0.1) is 17.0 Å². The summed E-state index contributed by atoms with van der Waals surface area (Å²) in [7, 11) is 0. The van der Waals surface area contributed by atoms with Crippen LogP contribution in [0.5, 0.6) is 0 Å². The van der Waals surface area contributed by atoms with Crippen LogP contribution in [-0.4, -0.2) is 21.0 Å². The Morgan fingerprint density at radius 1 is 0.647 bits per heavy atom. The van der Waals surface area contributed by atoms with Gasteiger partial charge in [-0.1, -0.05) is 113 Å². The van der Waals surface area contributed by atoms with E-state index in [0.29, 0.717) is 22.9 Å². The maximum Gasteiger partial charge on any atom is 0.167 e. The van der Waals surface area contributed by atoms with Crippen LogP contribution in [0.15, 0.2) is 118 Å². The number of nitrogens with zero attached hydrogens (tertiary/aromatic N) is 2. The highest BCUT2D eigenvalue weighted by molar-refractivity contribution is 5.58. The summed E-state index contributed by atoms with van der Waals surface area (Å²) < 4.78 is 11.1. The molecule has 34 heavy (non-hydrogen) atoms. The second kappa shape index (κ2) is 9.73. The highest BCUT2D eigenvalue weighted by atomic mass is 16.5. The molecular formula is C29H24N2O3. The predicted molar refractivity (Wildman–Crippen MR) is 132 cm³/mol. The molecule has 3 aromatic carbocycles. The molecule has 0 unspecified atom stereocenters. The molecule has 5 aromatic rings. The fourth-order valence-corrected chi connectivity index (χ4v) is 3.89. The van der Waals surface area contributed by atoms with Gasteiger partial charge in [0.2, 0.25) is 0 Å². The Hall–Kier alpha value is -4.22. The summed E-state index contributed by atoms with van der Waals surface area (Å²) in [6.45, 7) is 0. The van der Waals surface area contributed by atoms with Gasteiger partial charge in [0.15, 0.2) is 11.5 Å². The third-order valence-electron chi connectivity index (χ3n) is 5.59. The summed E-state index contributed by atoms with van der Waals surface area (Å²) in [5.41, 5.74) is 2.95. The molecule has 2 aromatic heterocycles. The number of aliphatic hydroxyl groups is 1. The largest absolute Gasteiger partial charge is 0.385 e. The lowest BCUT2D eigenvalue weighted by atomic mass is 9.90. The van der Waals surface area contributed by atoms with Crippen LogP contribution in [-0.2, 0) is 12.8 Å². The average molecular weight is 449 g/mol. The van der Waals surface area contributed by atoms with Crippen LogP contribution < -0.4 is 0 Å². The Labute approximate surface area is 198 Å². The van der Waals surface area contributed by atoms with Crippen LogP contribution in [0, 0.1) is 0 Å². The van der Waals surface area contributed by atoms with E-state index in [0.717, 1.165) is 16.7 Å². The molecule has 1 N–H and O–H groups in total. The fourth-order valence-electron chi connectivity index (χ4n) is 3.89. The third kappa shape index (κ3) is 5.22. The van der Waals surface area contributed by atoms with Gasteiger partial charge in [0.1, 0.15) is 0 Å². The first-order valence-corrected chi connectivity index (χ1v) is 11.2. The topological polar surface area (TPSA) is 72.3 Å². The lowest BCUT2D eigenvalue weighted by molar-refractivity contribution is 0.0886. The summed E-state index contributed by atoms with van der Waals surface area (Å²) in [6, 6.07) is 33.2. The van der Waals surface area contributed by atoms with Crippen LogP contribution in [0.25, 0.3) is 28.7 Å². The monoisotopic (exact) mass is 448 g/mol. The van der Waals surface area contributed by atoms with Crippen molar-refractivity contribution in [2.75, 3.05) is 0 Å².